The Balaban J connectivity index is 0.000000879. The molecule has 402 valence electrons. The SMILES string of the molecule is Cc1cc[n+](C2=C(C(=O)OC(c3ccccc3)c3ccccc3)N3C(=O)[C@@H](NC(=O)C(=NOCc4ccccc4)c4csc(NC(c5ccccc5)(c5ccccc5)c5ccccc5)n4)C3CC2)cc1C.O=S(=O)([O-])C(F)(F)F. The number of pyridine rings is 1. The fraction of sp³-hybridized carbons (Fsp3) is 0.167. The predicted molar refractivity (Wildman–Crippen MR) is 290 cm³/mol. The van der Waals surface area contributed by atoms with Crippen LogP contribution in [0.3, 0.4) is 0 Å². The molecule has 2 aromatic heterocycles. The second-order valence-electron chi connectivity index (χ2n) is 18.5. The Morgan fingerprint density at radius 2 is 1.27 bits per heavy atom. The first-order chi connectivity index (χ1) is 38.0. The molecule has 10 rings (SSSR count). The number of amides is 2. The monoisotopic (exact) mass is 1100 g/mol. The minimum atomic E-state index is -6.09. The van der Waals surface area contributed by atoms with Gasteiger partial charge in [0.1, 0.15) is 23.9 Å². The number of anilines is 1. The van der Waals surface area contributed by atoms with Crippen LogP contribution < -0.4 is 15.2 Å². The summed E-state index contributed by atoms with van der Waals surface area (Å²) in [4.78, 5) is 56.6. The van der Waals surface area contributed by atoms with Crippen molar-refractivity contribution in [2.24, 2.45) is 5.16 Å². The summed E-state index contributed by atoms with van der Waals surface area (Å²) in [5, 5.41) is 13.5. The van der Waals surface area contributed by atoms with Crippen molar-refractivity contribution in [1.29, 1.82) is 0 Å². The highest BCUT2D eigenvalue weighted by molar-refractivity contribution is 7.86. The number of nitrogens with one attached hydrogen (secondary N) is 2. The number of carbonyl (C=O) groups excluding carboxylic acids is 3. The number of aromatic nitrogens is 2. The molecule has 0 aliphatic carbocycles. The van der Waals surface area contributed by atoms with Gasteiger partial charge in [-0.25, -0.2) is 18.2 Å². The molecule has 79 heavy (non-hydrogen) atoms. The lowest BCUT2D eigenvalue weighted by Gasteiger charge is -2.49. The number of nitrogens with zero attached hydrogens (tertiary/aromatic N) is 4. The third-order valence-corrected chi connectivity index (χ3v) is 14.8. The molecule has 6 aromatic carbocycles. The number of allylic oxidation sites excluding steroid dienone is 1. The second kappa shape index (κ2) is 23.9. The number of rotatable bonds is 16. The number of thiazole rings is 1. The van der Waals surface area contributed by atoms with E-state index in [1.54, 1.807) is 5.38 Å². The number of aryl methyl sites for hydroxylation is 2. The van der Waals surface area contributed by atoms with Crippen molar-refractivity contribution in [1.82, 2.24) is 15.2 Å². The van der Waals surface area contributed by atoms with E-state index in [0.29, 0.717) is 23.7 Å². The Kier molecular flexibility index (Phi) is 16.6. The third-order valence-electron chi connectivity index (χ3n) is 13.5. The smallest absolute Gasteiger partial charge is 0.485 e. The van der Waals surface area contributed by atoms with Crippen molar-refractivity contribution in [3.63, 3.8) is 0 Å². The molecule has 4 heterocycles. The van der Waals surface area contributed by atoms with Crippen molar-refractivity contribution >= 4 is 55.8 Å². The lowest BCUT2D eigenvalue weighted by Crippen LogP contribution is -2.72. The summed E-state index contributed by atoms with van der Waals surface area (Å²) >= 11 is 1.32. The number of oxime groups is 1. The average molecular weight is 1110 g/mol. The Morgan fingerprint density at radius 1 is 0.772 bits per heavy atom. The molecule has 14 nitrogen and oxygen atoms in total. The first-order valence-corrected chi connectivity index (χ1v) is 27.2. The maximum atomic E-state index is 14.8. The fourth-order valence-corrected chi connectivity index (χ4v) is 10.2. The first kappa shape index (κ1) is 55.0. The van der Waals surface area contributed by atoms with Crippen LogP contribution in [0.25, 0.3) is 5.70 Å². The Labute approximate surface area is 458 Å². The topological polar surface area (TPSA) is 183 Å². The summed E-state index contributed by atoms with van der Waals surface area (Å²) in [6, 6.07) is 59.6. The van der Waals surface area contributed by atoms with E-state index in [2.05, 4.69) is 52.2 Å². The molecule has 0 saturated carbocycles. The predicted octanol–water partition coefficient (Wildman–Crippen LogP) is 10.1. The molecule has 2 atom stereocenters. The zero-order valence-corrected chi connectivity index (χ0v) is 44.1. The van der Waals surface area contributed by atoms with Crippen LogP contribution in [0.2, 0.25) is 0 Å². The van der Waals surface area contributed by atoms with Crippen molar-refractivity contribution < 1.29 is 54.7 Å². The number of benzene rings is 6. The minimum Gasteiger partial charge on any atom is -0.741 e. The molecule has 1 unspecified atom stereocenters. The van der Waals surface area contributed by atoms with Crippen LogP contribution >= 0.6 is 11.3 Å². The van der Waals surface area contributed by atoms with Crippen LogP contribution in [0.15, 0.2) is 217 Å². The van der Waals surface area contributed by atoms with E-state index in [1.165, 1.54) is 16.2 Å². The zero-order chi connectivity index (χ0) is 55.7. The number of β-lactam (4-membered cyclic amide) rings is 1. The van der Waals surface area contributed by atoms with Gasteiger partial charge in [-0.15, -0.1) is 11.3 Å². The molecular formula is C60H51F3N6O8S2. The van der Waals surface area contributed by atoms with Crippen LogP contribution in [-0.4, -0.2) is 63.9 Å². The van der Waals surface area contributed by atoms with E-state index in [-0.39, 0.29) is 23.7 Å². The van der Waals surface area contributed by atoms with Crippen LogP contribution in [0.5, 0.6) is 0 Å². The molecule has 0 spiro atoms. The molecule has 2 aliphatic heterocycles. The molecule has 19 heteroatoms. The van der Waals surface area contributed by atoms with Gasteiger partial charge in [-0.3, -0.25) is 14.5 Å². The standard InChI is InChI=1S/C59H50N6O5S.CHF3O3S/c1-40-35-36-64(37-41(40)2)50-34-33-49-52(56(67)65(49)53(50)57(68)70-54(43-23-11-4-12-24-43)44-25-13-5-14-26-44)61-55(66)51(63-69-38-42-21-9-3-10-22-42)48-39-71-58(60-48)62-59(45-27-15-6-16-28-45,46-29-17-7-18-30-46)47-31-19-8-20-32-47;2-1(3,4)8(5,6)7/h3-32,35-37,39,49,52,54H,33-34,38H2,1-2H3,(H-,60,61,62,66);(H,5,6,7)/t49?,52-;/m0./s1. The summed E-state index contributed by atoms with van der Waals surface area (Å²) in [6.45, 7) is 4.12. The zero-order valence-electron chi connectivity index (χ0n) is 42.5. The largest absolute Gasteiger partial charge is 0.741 e. The Morgan fingerprint density at radius 3 is 1.76 bits per heavy atom. The Hall–Kier alpha value is -8.78. The van der Waals surface area contributed by atoms with Crippen LogP contribution in [0, 0.1) is 13.8 Å². The normalized spacial score (nSPS) is 15.5. The van der Waals surface area contributed by atoms with E-state index in [9.17, 15) is 27.6 Å². The van der Waals surface area contributed by atoms with Gasteiger partial charge in [0.25, 0.3) is 11.8 Å². The van der Waals surface area contributed by atoms with E-state index >= 15 is 0 Å². The van der Waals surface area contributed by atoms with Crippen molar-refractivity contribution in [3.05, 3.63) is 262 Å². The van der Waals surface area contributed by atoms with Gasteiger partial charge >= 0.3 is 11.5 Å². The van der Waals surface area contributed by atoms with Crippen molar-refractivity contribution in [3.8, 4) is 0 Å². The van der Waals surface area contributed by atoms with Gasteiger partial charge in [-0.1, -0.05) is 187 Å². The minimum absolute atomic E-state index is 0.0902. The van der Waals surface area contributed by atoms with Gasteiger partial charge in [0, 0.05) is 23.4 Å². The molecule has 0 radical (unpaired) electrons. The van der Waals surface area contributed by atoms with E-state index < -0.39 is 57.1 Å². The molecule has 0 bridgehead atoms. The van der Waals surface area contributed by atoms with Gasteiger partial charge in [0.05, 0.1) is 6.04 Å². The van der Waals surface area contributed by atoms with E-state index in [4.69, 9.17) is 27.5 Å². The maximum absolute atomic E-state index is 14.8. The van der Waals surface area contributed by atoms with Gasteiger partial charge in [-0.2, -0.15) is 17.7 Å². The number of alkyl halides is 3. The summed E-state index contributed by atoms with van der Waals surface area (Å²) in [7, 11) is -6.09. The molecule has 2 N–H and O–H groups in total. The average Bonchev–Trinajstić information content (AvgIpc) is 4.09. The number of ether oxygens (including phenoxy) is 1. The van der Waals surface area contributed by atoms with E-state index in [0.717, 1.165) is 44.5 Å². The highest BCUT2D eigenvalue weighted by atomic mass is 32.2. The quantitative estimate of drug-likeness (QED) is 0.0138. The number of fused-ring (bicyclic) bond motifs is 1. The molecule has 1 saturated heterocycles. The first-order valence-electron chi connectivity index (χ1n) is 24.9. The second-order valence-corrected chi connectivity index (χ2v) is 20.7. The number of carbonyl (C=O) groups is 3. The van der Waals surface area contributed by atoms with Crippen LogP contribution in [0.4, 0.5) is 18.3 Å². The summed E-state index contributed by atoms with van der Waals surface area (Å²) < 4.78 is 67.2. The summed E-state index contributed by atoms with van der Waals surface area (Å²) in [6.07, 6.45) is 4.01. The summed E-state index contributed by atoms with van der Waals surface area (Å²) in [5.41, 5.74) is 1.88. The fourth-order valence-electron chi connectivity index (χ4n) is 9.42. The number of esters is 1. The van der Waals surface area contributed by atoms with Gasteiger partial charge in [0.15, 0.2) is 45.2 Å². The number of hydrogen-bond acceptors (Lipinski definition) is 12. The molecular weight excluding hydrogens is 1050 g/mol. The van der Waals surface area contributed by atoms with Gasteiger partial charge < -0.3 is 24.8 Å². The van der Waals surface area contributed by atoms with Crippen LogP contribution in [0.1, 0.15) is 69.1 Å². The third kappa shape index (κ3) is 12.2. The highest BCUT2D eigenvalue weighted by Gasteiger charge is 2.56. The molecule has 1 fully saturated rings. The van der Waals surface area contributed by atoms with Gasteiger partial charge in [-0.05, 0) is 59.2 Å². The molecule has 8 aromatic rings. The lowest BCUT2D eigenvalue weighted by molar-refractivity contribution is -0.585. The summed E-state index contributed by atoms with van der Waals surface area (Å²) in [5.74, 6) is -1.75. The van der Waals surface area contributed by atoms with Crippen LogP contribution in [-0.2, 0) is 46.2 Å². The highest BCUT2D eigenvalue weighted by Crippen LogP contribution is 2.42. The van der Waals surface area contributed by atoms with Gasteiger partial charge in [0.2, 0.25) is 5.70 Å². The maximum Gasteiger partial charge on any atom is 0.485 e. The van der Waals surface area contributed by atoms with E-state index in [1.807, 2.05) is 182 Å². The number of hydrogen-bond donors (Lipinski definition) is 2. The Bertz CT molecular complexity index is 3480. The number of halogens is 3. The lowest BCUT2D eigenvalue weighted by atomic mass is 9.77. The molecule has 2 aliphatic rings. The van der Waals surface area contributed by atoms with Crippen molar-refractivity contribution in [2.75, 3.05) is 5.32 Å². The van der Waals surface area contributed by atoms with Crippen molar-refractivity contribution in [2.45, 2.75) is 62.5 Å². The molecule has 2 amide bonds.